The Kier molecular flexibility index (Phi) is 3.74. The number of aromatic carboxylic acids is 1. The Morgan fingerprint density at radius 1 is 1.20 bits per heavy atom. The predicted octanol–water partition coefficient (Wildman–Crippen LogP) is 3.06. The number of rotatable bonds is 3. The Bertz CT molecular complexity index is 600. The maximum atomic E-state index is 12.2. The van der Waals surface area contributed by atoms with Gasteiger partial charge in [-0.1, -0.05) is 37.3 Å². The van der Waals surface area contributed by atoms with Gasteiger partial charge in [-0.25, -0.2) is 9.59 Å². The highest BCUT2D eigenvalue weighted by molar-refractivity contribution is 6.02. The first-order valence-electron chi connectivity index (χ1n) is 6.36. The summed E-state index contributed by atoms with van der Waals surface area (Å²) in [6.45, 7) is 3.75. The fraction of sp³-hybridized carbons (Fsp3) is 0.250. The molecule has 2 atom stereocenters. The fourth-order valence-electron chi connectivity index (χ4n) is 2.05. The van der Waals surface area contributed by atoms with Gasteiger partial charge in [0.2, 0.25) is 0 Å². The van der Waals surface area contributed by atoms with E-state index in [1.807, 2.05) is 25.2 Å². The summed E-state index contributed by atoms with van der Waals surface area (Å²) in [5.74, 6) is -1.75. The molecule has 1 aromatic rings. The monoisotopic (exact) mass is 272 g/mol. The molecule has 20 heavy (non-hydrogen) atoms. The standard InChI is InChI=1S/C16H16O4/c1-11-7-5-6-10-16(11,2)20-15(19)13-9-4-3-8-12(13)14(17)18/h3-11H,1-2H3,(H,17,18). The lowest BCUT2D eigenvalue weighted by Crippen LogP contribution is -2.37. The minimum atomic E-state index is -1.14. The molecule has 4 nitrogen and oxygen atoms in total. The number of carbonyl (C=O) groups excluding carboxylic acids is 1. The highest BCUT2D eigenvalue weighted by atomic mass is 16.6. The molecule has 0 saturated heterocycles. The van der Waals surface area contributed by atoms with Gasteiger partial charge in [0.05, 0.1) is 11.1 Å². The summed E-state index contributed by atoms with van der Waals surface area (Å²) < 4.78 is 5.53. The van der Waals surface area contributed by atoms with E-state index in [0.717, 1.165) is 0 Å². The molecule has 0 amide bonds. The minimum Gasteiger partial charge on any atom is -0.478 e. The van der Waals surface area contributed by atoms with Gasteiger partial charge < -0.3 is 9.84 Å². The average Bonchev–Trinajstić information content (AvgIpc) is 2.42. The average molecular weight is 272 g/mol. The number of hydrogen-bond acceptors (Lipinski definition) is 3. The first-order valence-corrected chi connectivity index (χ1v) is 6.36. The van der Waals surface area contributed by atoms with E-state index < -0.39 is 17.5 Å². The molecule has 1 N–H and O–H groups in total. The summed E-state index contributed by atoms with van der Waals surface area (Å²) in [5, 5.41) is 9.10. The molecule has 0 radical (unpaired) electrons. The van der Waals surface area contributed by atoms with Gasteiger partial charge >= 0.3 is 11.9 Å². The first-order chi connectivity index (χ1) is 9.44. The molecule has 0 heterocycles. The molecular weight excluding hydrogens is 256 g/mol. The number of hydrogen-bond donors (Lipinski definition) is 1. The summed E-state index contributed by atoms with van der Waals surface area (Å²) in [6.07, 6.45) is 7.46. The van der Waals surface area contributed by atoms with E-state index in [9.17, 15) is 9.59 Å². The van der Waals surface area contributed by atoms with Crippen molar-refractivity contribution in [3.63, 3.8) is 0 Å². The van der Waals surface area contributed by atoms with Crippen LogP contribution in [0.3, 0.4) is 0 Å². The van der Waals surface area contributed by atoms with Gasteiger partial charge in [-0.3, -0.25) is 0 Å². The highest BCUT2D eigenvalue weighted by Crippen LogP contribution is 2.29. The fourth-order valence-corrected chi connectivity index (χ4v) is 2.05. The van der Waals surface area contributed by atoms with E-state index in [1.54, 1.807) is 25.1 Å². The third-order valence-corrected chi connectivity index (χ3v) is 3.53. The Hall–Kier alpha value is -2.36. The molecule has 0 aliphatic heterocycles. The van der Waals surface area contributed by atoms with E-state index in [-0.39, 0.29) is 17.0 Å². The van der Waals surface area contributed by atoms with Crippen molar-refractivity contribution in [3.05, 3.63) is 59.7 Å². The molecule has 0 spiro atoms. The second-order valence-electron chi connectivity index (χ2n) is 4.96. The number of carboxylic acids is 1. The second kappa shape index (κ2) is 5.33. The SMILES string of the molecule is CC1C=CC=CC1(C)OC(=O)c1ccccc1C(=O)O. The summed E-state index contributed by atoms with van der Waals surface area (Å²) in [6, 6.07) is 6.04. The lowest BCUT2D eigenvalue weighted by molar-refractivity contribution is -0.00329. The maximum absolute atomic E-state index is 12.2. The molecule has 2 rings (SSSR count). The van der Waals surface area contributed by atoms with Crippen molar-refractivity contribution in [2.75, 3.05) is 0 Å². The quantitative estimate of drug-likeness (QED) is 0.859. The number of ether oxygens (including phenoxy) is 1. The van der Waals surface area contributed by atoms with Crippen LogP contribution >= 0.6 is 0 Å². The highest BCUT2D eigenvalue weighted by Gasteiger charge is 2.33. The Labute approximate surface area is 117 Å². The third kappa shape index (κ3) is 2.64. The van der Waals surface area contributed by atoms with Crippen LogP contribution in [-0.4, -0.2) is 22.6 Å². The van der Waals surface area contributed by atoms with Gasteiger partial charge in [0.25, 0.3) is 0 Å². The number of carboxylic acid groups (broad SMARTS) is 1. The number of allylic oxidation sites excluding steroid dienone is 2. The third-order valence-electron chi connectivity index (χ3n) is 3.53. The van der Waals surface area contributed by atoms with E-state index in [1.165, 1.54) is 12.1 Å². The lowest BCUT2D eigenvalue weighted by atomic mass is 9.86. The van der Waals surface area contributed by atoms with E-state index in [0.29, 0.717) is 0 Å². The van der Waals surface area contributed by atoms with Gasteiger partial charge in [-0.2, -0.15) is 0 Å². The zero-order valence-corrected chi connectivity index (χ0v) is 11.4. The molecule has 1 aliphatic carbocycles. The van der Waals surface area contributed by atoms with Crippen molar-refractivity contribution < 1.29 is 19.4 Å². The van der Waals surface area contributed by atoms with Gasteiger partial charge in [0.15, 0.2) is 0 Å². The number of carbonyl (C=O) groups is 2. The first kappa shape index (κ1) is 14.1. The van der Waals surface area contributed by atoms with Crippen LogP contribution in [0.4, 0.5) is 0 Å². The summed E-state index contributed by atoms with van der Waals surface area (Å²) >= 11 is 0. The van der Waals surface area contributed by atoms with Gasteiger partial charge in [-0.15, -0.1) is 0 Å². The normalized spacial score (nSPS) is 24.4. The molecule has 0 bridgehead atoms. The Balaban J connectivity index is 2.27. The van der Waals surface area contributed by atoms with E-state index >= 15 is 0 Å². The maximum Gasteiger partial charge on any atom is 0.339 e. The topological polar surface area (TPSA) is 63.6 Å². The van der Waals surface area contributed by atoms with Crippen LogP contribution < -0.4 is 0 Å². The Morgan fingerprint density at radius 2 is 1.85 bits per heavy atom. The second-order valence-corrected chi connectivity index (χ2v) is 4.96. The molecule has 1 aliphatic rings. The molecule has 104 valence electrons. The summed E-state index contributed by atoms with van der Waals surface area (Å²) in [4.78, 5) is 23.4. The molecule has 0 saturated carbocycles. The van der Waals surface area contributed by atoms with Crippen molar-refractivity contribution in [1.82, 2.24) is 0 Å². The molecular formula is C16H16O4. The van der Waals surface area contributed by atoms with E-state index in [2.05, 4.69) is 0 Å². The van der Waals surface area contributed by atoms with Crippen molar-refractivity contribution in [2.45, 2.75) is 19.4 Å². The number of esters is 1. The van der Waals surface area contributed by atoms with Crippen LogP contribution in [0.25, 0.3) is 0 Å². The molecule has 0 aromatic heterocycles. The zero-order chi connectivity index (χ0) is 14.8. The van der Waals surface area contributed by atoms with Crippen molar-refractivity contribution in [3.8, 4) is 0 Å². The van der Waals surface area contributed by atoms with Crippen LogP contribution in [0.5, 0.6) is 0 Å². The van der Waals surface area contributed by atoms with E-state index in [4.69, 9.17) is 9.84 Å². The van der Waals surface area contributed by atoms with Crippen molar-refractivity contribution >= 4 is 11.9 Å². The van der Waals surface area contributed by atoms with Crippen molar-refractivity contribution in [2.24, 2.45) is 5.92 Å². The molecule has 0 fully saturated rings. The molecule has 1 aromatic carbocycles. The Morgan fingerprint density at radius 3 is 2.45 bits per heavy atom. The minimum absolute atomic E-state index is 0.0217. The van der Waals surface area contributed by atoms with Gasteiger partial charge in [-0.05, 0) is 25.1 Å². The molecule has 2 unspecified atom stereocenters. The van der Waals surface area contributed by atoms with Crippen LogP contribution in [0.1, 0.15) is 34.6 Å². The summed E-state index contributed by atoms with van der Waals surface area (Å²) in [7, 11) is 0. The van der Waals surface area contributed by atoms with Crippen molar-refractivity contribution in [1.29, 1.82) is 0 Å². The number of benzene rings is 1. The molecule has 4 heteroatoms. The smallest absolute Gasteiger partial charge is 0.339 e. The largest absolute Gasteiger partial charge is 0.478 e. The van der Waals surface area contributed by atoms with Crippen LogP contribution in [0.15, 0.2) is 48.6 Å². The van der Waals surface area contributed by atoms with Crippen LogP contribution in [-0.2, 0) is 4.74 Å². The van der Waals surface area contributed by atoms with Crippen LogP contribution in [0, 0.1) is 5.92 Å². The van der Waals surface area contributed by atoms with Crippen LogP contribution in [0.2, 0.25) is 0 Å². The predicted molar refractivity (Wildman–Crippen MR) is 74.7 cm³/mol. The van der Waals surface area contributed by atoms with Gasteiger partial charge in [0.1, 0.15) is 5.60 Å². The lowest BCUT2D eigenvalue weighted by Gasteiger charge is -2.32. The van der Waals surface area contributed by atoms with Gasteiger partial charge in [0, 0.05) is 5.92 Å². The summed E-state index contributed by atoms with van der Waals surface area (Å²) in [5.41, 5.74) is -0.752. The zero-order valence-electron chi connectivity index (χ0n) is 11.4.